The van der Waals surface area contributed by atoms with Crippen molar-refractivity contribution in [2.45, 2.75) is 57.8 Å². The van der Waals surface area contributed by atoms with E-state index < -0.39 is 0 Å². The average molecular weight is 369 g/mol. The first-order chi connectivity index (χ1) is 12.7. The van der Waals surface area contributed by atoms with Gasteiger partial charge in [0.15, 0.2) is 0 Å². The summed E-state index contributed by atoms with van der Waals surface area (Å²) >= 11 is 1.71. The van der Waals surface area contributed by atoms with Crippen LogP contribution in [0.5, 0.6) is 0 Å². The van der Waals surface area contributed by atoms with E-state index in [-0.39, 0.29) is 5.91 Å². The molecule has 4 fully saturated rings. The van der Waals surface area contributed by atoms with Crippen molar-refractivity contribution >= 4 is 27.5 Å². The van der Waals surface area contributed by atoms with Gasteiger partial charge in [0.2, 0.25) is 5.91 Å². The van der Waals surface area contributed by atoms with Crippen molar-refractivity contribution in [2.75, 3.05) is 6.54 Å². The molecule has 1 heterocycles. The first-order valence-electron chi connectivity index (χ1n) is 10.3. The lowest BCUT2D eigenvalue weighted by Crippen LogP contribution is -2.47. The van der Waals surface area contributed by atoms with Crippen LogP contribution < -0.4 is 5.32 Å². The fourth-order valence-electron chi connectivity index (χ4n) is 6.40. The number of aromatic nitrogens is 1. The second-order valence-corrected chi connectivity index (χ2v) is 10.2. The summed E-state index contributed by atoms with van der Waals surface area (Å²) in [4.78, 5) is 16.9. The summed E-state index contributed by atoms with van der Waals surface area (Å²) < 4.78 is 1.21. The molecule has 1 aromatic carbocycles. The third kappa shape index (κ3) is 3.28. The number of aryl methyl sites for hydroxylation is 1. The lowest BCUT2D eigenvalue weighted by atomic mass is 9.49. The molecule has 1 aromatic heterocycles. The Morgan fingerprint density at radius 2 is 1.81 bits per heavy atom. The molecular formula is C22H28N2OS. The van der Waals surface area contributed by atoms with Crippen LogP contribution in [0.15, 0.2) is 24.3 Å². The van der Waals surface area contributed by atoms with E-state index in [1.165, 1.54) is 49.6 Å². The Balaban J connectivity index is 1.10. The lowest BCUT2D eigenvalue weighted by Gasteiger charge is -2.57. The van der Waals surface area contributed by atoms with Crippen molar-refractivity contribution in [3.8, 4) is 0 Å². The van der Waals surface area contributed by atoms with Gasteiger partial charge in [0, 0.05) is 19.4 Å². The van der Waals surface area contributed by atoms with Crippen LogP contribution in [0.2, 0.25) is 0 Å². The number of fused-ring (bicyclic) bond motifs is 1. The second-order valence-electron chi connectivity index (χ2n) is 9.09. The summed E-state index contributed by atoms with van der Waals surface area (Å²) in [6.45, 7) is 0.866. The van der Waals surface area contributed by atoms with Gasteiger partial charge in [-0.3, -0.25) is 4.79 Å². The standard InChI is InChI=1S/C22H28N2OS/c25-20(5-6-21-24-18-3-1-2-4-19(18)26-21)23-8-7-22-12-15-9-16(13-22)11-17(10-15)14-22/h1-4,15-17H,5-14H2,(H,23,25). The number of amides is 1. The molecule has 0 unspecified atom stereocenters. The molecule has 4 saturated carbocycles. The highest BCUT2D eigenvalue weighted by molar-refractivity contribution is 7.18. The molecular weight excluding hydrogens is 340 g/mol. The molecule has 26 heavy (non-hydrogen) atoms. The van der Waals surface area contributed by atoms with Crippen LogP contribution in [0.25, 0.3) is 10.2 Å². The molecule has 4 aliphatic rings. The predicted molar refractivity (Wildman–Crippen MR) is 106 cm³/mol. The van der Waals surface area contributed by atoms with Crippen LogP contribution in [0.1, 0.15) is 56.4 Å². The third-order valence-electron chi connectivity index (χ3n) is 7.05. The number of carbonyl (C=O) groups is 1. The summed E-state index contributed by atoms with van der Waals surface area (Å²) in [5, 5.41) is 4.27. The van der Waals surface area contributed by atoms with Crippen LogP contribution in [0.3, 0.4) is 0 Å². The molecule has 3 nitrogen and oxygen atoms in total. The quantitative estimate of drug-likeness (QED) is 0.784. The van der Waals surface area contributed by atoms with Gasteiger partial charge in [-0.05, 0) is 80.2 Å². The van der Waals surface area contributed by atoms with Crippen molar-refractivity contribution < 1.29 is 4.79 Å². The fourth-order valence-corrected chi connectivity index (χ4v) is 7.37. The molecule has 4 bridgehead atoms. The predicted octanol–water partition coefficient (Wildman–Crippen LogP) is 4.95. The van der Waals surface area contributed by atoms with E-state index in [9.17, 15) is 4.79 Å². The molecule has 4 aliphatic carbocycles. The number of para-hydroxylation sites is 1. The van der Waals surface area contributed by atoms with Crippen LogP contribution in [0.4, 0.5) is 0 Å². The molecule has 2 aromatic rings. The zero-order valence-electron chi connectivity index (χ0n) is 15.4. The van der Waals surface area contributed by atoms with Crippen LogP contribution in [0, 0.1) is 23.2 Å². The number of hydrogen-bond acceptors (Lipinski definition) is 3. The fraction of sp³-hybridized carbons (Fsp3) is 0.636. The molecule has 1 amide bonds. The number of carbonyl (C=O) groups excluding carboxylic acids is 1. The Labute approximate surface area is 159 Å². The number of nitrogens with zero attached hydrogens (tertiary/aromatic N) is 1. The molecule has 0 atom stereocenters. The summed E-state index contributed by atoms with van der Waals surface area (Å²) in [6.07, 6.45) is 11.3. The average Bonchev–Trinajstić information content (AvgIpc) is 3.01. The minimum absolute atomic E-state index is 0.189. The Morgan fingerprint density at radius 3 is 2.50 bits per heavy atom. The highest BCUT2D eigenvalue weighted by atomic mass is 32.1. The maximum absolute atomic E-state index is 12.3. The number of thiazole rings is 1. The van der Waals surface area contributed by atoms with E-state index in [0.29, 0.717) is 11.8 Å². The van der Waals surface area contributed by atoms with Gasteiger partial charge in [-0.2, -0.15) is 0 Å². The van der Waals surface area contributed by atoms with Gasteiger partial charge in [-0.15, -0.1) is 11.3 Å². The van der Waals surface area contributed by atoms with Gasteiger partial charge in [0.1, 0.15) is 0 Å². The number of hydrogen-bond donors (Lipinski definition) is 1. The van der Waals surface area contributed by atoms with E-state index in [4.69, 9.17) is 0 Å². The van der Waals surface area contributed by atoms with E-state index in [0.717, 1.165) is 41.2 Å². The number of benzene rings is 1. The van der Waals surface area contributed by atoms with Gasteiger partial charge in [-0.25, -0.2) is 4.98 Å². The Bertz CT molecular complexity index is 743. The Kier molecular flexibility index (Phi) is 4.27. The molecule has 138 valence electrons. The summed E-state index contributed by atoms with van der Waals surface area (Å²) in [5.41, 5.74) is 1.62. The molecule has 0 aliphatic heterocycles. The minimum Gasteiger partial charge on any atom is -0.356 e. The maximum atomic E-state index is 12.3. The molecule has 0 spiro atoms. The second kappa shape index (κ2) is 6.63. The summed E-state index contributed by atoms with van der Waals surface area (Å²) in [5.74, 6) is 3.18. The van der Waals surface area contributed by atoms with Gasteiger partial charge in [0.25, 0.3) is 0 Å². The lowest BCUT2D eigenvalue weighted by molar-refractivity contribution is -0.121. The first-order valence-corrected chi connectivity index (χ1v) is 11.1. The molecule has 0 saturated heterocycles. The summed E-state index contributed by atoms with van der Waals surface area (Å²) in [6, 6.07) is 8.20. The SMILES string of the molecule is O=C(CCc1nc2ccccc2s1)NCCC12CC3CC(CC(C3)C1)C2. The van der Waals surface area contributed by atoms with Crippen molar-refractivity contribution in [3.63, 3.8) is 0 Å². The highest BCUT2D eigenvalue weighted by Gasteiger charge is 2.50. The minimum atomic E-state index is 0.189. The van der Waals surface area contributed by atoms with E-state index >= 15 is 0 Å². The molecule has 1 N–H and O–H groups in total. The highest BCUT2D eigenvalue weighted by Crippen LogP contribution is 2.61. The smallest absolute Gasteiger partial charge is 0.220 e. The zero-order chi connectivity index (χ0) is 17.6. The van der Waals surface area contributed by atoms with E-state index in [2.05, 4.69) is 16.4 Å². The monoisotopic (exact) mass is 368 g/mol. The van der Waals surface area contributed by atoms with Crippen molar-refractivity contribution in [3.05, 3.63) is 29.3 Å². The molecule has 4 heteroatoms. The van der Waals surface area contributed by atoms with Crippen molar-refractivity contribution in [1.82, 2.24) is 10.3 Å². The third-order valence-corrected chi connectivity index (χ3v) is 8.14. The van der Waals surface area contributed by atoms with Gasteiger partial charge in [-0.1, -0.05) is 12.1 Å². The number of rotatable bonds is 6. The van der Waals surface area contributed by atoms with Crippen LogP contribution in [-0.4, -0.2) is 17.4 Å². The first kappa shape index (κ1) is 16.7. The molecule has 0 radical (unpaired) electrons. The van der Waals surface area contributed by atoms with E-state index in [1.54, 1.807) is 11.3 Å². The summed E-state index contributed by atoms with van der Waals surface area (Å²) in [7, 11) is 0. The van der Waals surface area contributed by atoms with Crippen molar-refractivity contribution in [1.29, 1.82) is 0 Å². The largest absolute Gasteiger partial charge is 0.356 e. The van der Waals surface area contributed by atoms with E-state index in [1.807, 2.05) is 18.2 Å². The topological polar surface area (TPSA) is 42.0 Å². The Morgan fingerprint density at radius 1 is 1.12 bits per heavy atom. The van der Waals surface area contributed by atoms with Gasteiger partial charge >= 0.3 is 0 Å². The van der Waals surface area contributed by atoms with Crippen LogP contribution >= 0.6 is 11.3 Å². The Hall–Kier alpha value is -1.42. The zero-order valence-corrected chi connectivity index (χ0v) is 16.2. The normalized spacial score (nSPS) is 32.2. The number of nitrogens with one attached hydrogen (secondary N) is 1. The van der Waals surface area contributed by atoms with Gasteiger partial charge < -0.3 is 5.32 Å². The van der Waals surface area contributed by atoms with Crippen molar-refractivity contribution in [2.24, 2.45) is 23.2 Å². The molecule has 6 rings (SSSR count). The van der Waals surface area contributed by atoms with Crippen LogP contribution in [-0.2, 0) is 11.2 Å². The maximum Gasteiger partial charge on any atom is 0.220 e. The van der Waals surface area contributed by atoms with Gasteiger partial charge in [0.05, 0.1) is 15.2 Å².